The van der Waals surface area contributed by atoms with E-state index in [1.807, 2.05) is 6.07 Å². The minimum atomic E-state index is -1.02. The zero-order chi connectivity index (χ0) is 26.1. The number of Topliss-reactive ketones (excluding diaryl/α,β-unsaturated/α-hetero) is 1. The van der Waals surface area contributed by atoms with Crippen LogP contribution in [0.2, 0.25) is 4.34 Å². The van der Waals surface area contributed by atoms with Gasteiger partial charge in [0.2, 0.25) is 5.78 Å². The zero-order valence-corrected chi connectivity index (χ0v) is 21.6. The molecule has 0 spiro atoms. The number of ketones is 1. The summed E-state index contributed by atoms with van der Waals surface area (Å²) in [6.07, 6.45) is 1.86. The van der Waals surface area contributed by atoms with E-state index in [9.17, 15) is 18.4 Å². The number of thiophene rings is 1. The standard InChI is InChI=1S/C14H11F2NO2.C13H18ClNOS/c15-11-5-1-3-9(7-11)13(19-14(17)18)10-4-2-6-12(16)8-10;1-2-10-5-7-15(8-6-10)9-11(16)12-3-4-13(14)17-12/h1-8,13H,(H2,17,18);3-4,10H,2,5-9H2,1H3/p+1. The van der Waals surface area contributed by atoms with Crippen molar-refractivity contribution in [1.82, 2.24) is 0 Å². The summed E-state index contributed by atoms with van der Waals surface area (Å²) in [7, 11) is 0. The second kappa shape index (κ2) is 13.5. The Kier molecular flexibility index (Phi) is 10.4. The number of benzene rings is 2. The molecule has 1 fully saturated rings. The molecule has 9 heteroatoms. The Morgan fingerprint density at radius 1 is 1.06 bits per heavy atom. The van der Waals surface area contributed by atoms with E-state index in [2.05, 4.69) is 6.92 Å². The highest BCUT2D eigenvalue weighted by atomic mass is 35.5. The van der Waals surface area contributed by atoms with Crippen molar-refractivity contribution in [2.75, 3.05) is 19.6 Å². The maximum atomic E-state index is 13.2. The summed E-state index contributed by atoms with van der Waals surface area (Å²) in [5.74, 6) is 0.163. The Morgan fingerprint density at radius 3 is 2.08 bits per heavy atom. The molecule has 5 nitrogen and oxygen atoms in total. The van der Waals surface area contributed by atoms with Gasteiger partial charge in [-0.05, 0) is 66.3 Å². The Labute approximate surface area is 218 Å². The van der Waals surface area contributed by atoms with E-state index in [1.165, 1.54) is 71.9 Å². The van der Waals surface area contributed by atoms with Crippen molar-refractivity contribution < 1.29 is 28.0 Å². The molecule has 36 heavy (non-hydrogen) atoms. The first-order valence-electron chi connectivity index (χ1n) is 11.8. The van der Waals surface area contributed by atoms with E-state index in [4.69, 9.17) is 22.1 Å². The molecular weight excluding hydrogens is 506 g/mol. The molecule has 1 aliphatic rings. The minimum absolute atomic E-state index is 0.242. The van der Waals surface area contributed by atoms with Crippen molar-refractivity contribution in [2.24, 2.45) is 11.7 Å². The molecule has 4 rings (SSSR count). The molecule has 1 saturated heterocycles. The fourth-order valence-corrected chi connectivity index (χ4v) is 5.21. The number of halogens is 3. The maximum absolute atomic E-state index is 13.2. The van der Waals surface area contributed by atoms with E-state index in [-0.39, 0.29) is 5.78 Å². The van der Waals surface area contributed by atoms with Gasteiger partial charge in [0.1, 0.15) is 18.2 Å². The molecule has 3 aromatic rings. The summed E-state index contributed by atoms with van der Waals surface area (Å²) in [5.41, 5.74) is 5.75. The van der Waals surface area contributed by atoms with Crippen molar-refractivity contribution in [3.05, 3.63) is 92.6 Å². The SMILES string of the molecule is CCC1CC[NH+](CC(=O)c2ccc(Cl)s2)CC1.NC(=O)OC(c1cccc(F)c1)c1cccc(F)c1. The van der Waals surface area contributed by atoms with Crippen molar-refractivity contribution in [3.8, 4) is 0 Å². The van der Waals surface area contributed by atoms with Crippen molar-refractivity contribution >= 4 is 34.8 Å². The number of piperidine rings is 1. The highest BCUT2D eigenvalue weighted by Crippen LogP contribution is 2.27. The fourth-order valence-electron chi connectivity index (χ4n) is 4.23. The largest absolute Gasteiger partial charge is 0.437 e. The number of carbonyl (C=O) groups excluding carboxylic acids is 2. The first-order chi connectivity index (χ1) is 17.2. The Morgan fingerprint density at radius 2 is 1.64 bits per heavy atom. The van der Waals surface area contributed by atoms with E-state index in [0.29, 0.717) is 22.0 Å². The van der Waals surface area contributed by atoms with Gasteiger partial charge in [-0.1, -0.05) is 49.2 Å². The van der Waals surface area contributed by atoms with Crippen LogP contribution in [0.25, 0.3) is 0 Å². The molecule has 0 bridgehead atoms. The monoisotopic (exact) mass is 535 g/mol. The summed E-state index contributed by atoms with van der Waals surface area (Å²) in [6, 6.07) is 14.7. The third-order valence-electron chi connectivity index (χ3n) is 6.19. The van der Waals surface area contributed by atoms with E-state index in [1.54, 1.807) is 18.2 Å². The van der Waals surface area contributed by atoms with Crippen LogP contribution in [0.1, 0.15) is 53.1 Å². The van der Waals surface area contributed by atoms with E-state index >= 15 is 0 Å². The van der Waals surface area contributed by atoms with Crippen LogP contribution < -0.4 is 10.6 Å². The van der Waals surface area contributed by atoms with Crippen molar-refractivity contribution in [3.63, 3.8) is 0 Å². The van der Waals surface area contributed by atoms with E-state index in [0.717, 1.165) is 23.9 Å². The number of nitrogens with two attached hydrogens (primary N) is 1. The number of hydrogen-bond donors (Lipinski definition) is 2. The Bertz CT molecular complexity index is 1120. The number of likely N-dealkylation sites (tertiary alicyclic amines) is 1. The summed E-state index contributed by atoms with van der Waals surface area (Å²) >= 11 is 7.24. The Hall–Kier alpha value is -2.81. The van der Waals surface area contributed by atoms with Crippen LogP contribution in [0.3, 0.4) is 0 Å². The lowest BCUT2D eigenvalue weighted by Crippen LogP contribution is -3.13. The quantitative estimate of drug-likeness (QED) is 0.396. The molecule has 0 radical (unpaired) electrons. The molecule has 0 aliphatic carbocycles. The third-order valence-corrected chi connectivity index (χ3v) is 7.46. The molecule has 192 valence electrons. The van der Waals surface area contributed by atoms with Gasteiger partial charge in [-0.3, -0.25) is 4.79 Å². The number of quaternary nitrogens is 1. The summed E-state index contributed by atoms with van der Waals surface area (Å²) in [6.45, 7) is 5.18. The average molecular weight is 536 g/mol. The molecule has 0 saturated carbocycles. The van der Waals surface area contributed by atoms with Gasteiger partial charge in [0.15, 0.2) is 6.10 Å². The summed E-state index contributed by atoms with van der Waals surface area (Å²) in [5, 5.41) is 0. The van der Waals surface area contributed by atoms with Crippen LogP contribution in [0.5, 0.6) is 0 Å². The lowest BCUT2D eigenvalue weighted by atomic mass is 9.94. The molecule has 1 aliphatic heterocycles. The van der Waals surface area contributed by atoms with Gasteiger partial charge >= 0.3 is 6.09 Å². The van der Waals surface area contributed by atoms with Gasteiger partial charge in [0, 0.05) is 0 Å². The molecule has 3 N–H and O–H groups in total. The second-order valence-electron chi connectivity index (χ2n) is 8.73. The number of nitrogens with one attached hydrogen (secondary N) is 1. The zero-order valence-electron chi connectivity index (χ0n) is 20.0. The van der Waals surface area contributed by atoms with Gasteiger partial charge in [0.25, 0.3) is 0 Å². The van der Waals surface area contributed by atoms with Gasteiger partial charge < -0.3 is 15.4 Å². The molecule has 0 atom stereocenters. The number of primary amides is 1. The predicted octanol–water partition coefficient (Wildman–Crippen LogP) is 5.44. The molecule has 1 amide bonds. The van der Waals surface area contributed by atoms with Crippen LogP contribution >= 0.6 is 22.9 Å². The van der Waals surface area contributed by atoms with Crippen LogP contribution in [-0.4, -0.2) is 31.5 Å². The normalized spacial score (nSPS) is 17.2. The average Bonchev–Trinajstić information content (AvgIpc) is 3.30. The summed E-state index contributed by atoms with van der Waals surface area (Å²) in [4.78, 5) is 25.2. The van der Waals surface area contributed by atoms with Crippen molar-refractivity contribution in [2.45, 2.75) is 32.3 Å². The second-order valence-corrected chi connectivity index (χ2v) is 10.4. The van der Waals surface area contributed by atoms with Gasteiger partial charge in [-0.25, -0.2) is 13.6 Å². The lowest BCUT2D eigenvalue weighted by molar-refractivity contribution is -0.897. The van der Waals surface area contributed by atoms with Crippen LogP contribution in [0, 0.1) is 17.6 Å². The third kappa shape index (κ3) is 8.40. The molecule has 0 unspecified atom stereocenters. The topological polar surface area (TPSA) is 73.8 Å². The number of ether oxygens (including phenoxy) is 1. The maximum Gasteiger partial charge on any atom is 0.405 e. The molecule has 2 aromatic carbocycles. The number of rotatable bonds is 7. The fraction of sp³-hybridized carbons (Fsp3) is 0.333. The predicted molar refractivity (Wildman–Crippen MR) is 138 cm³/mol. The van der Waals surface area contributed by atoms with Crippen LogP contribution in [0.15, 0.2) is 60.7 Å². The van der Waals surface area contributed by atoms with Gasteiger partial charge in [-0.2, -0.15) is 0 Å². The minimum Gasteiger partial charge on any atom is -0.437 e. The van der Waals surface area contributed by atoms with Gasteiger partial charge in [-0.15, -0.1) is 11.3 Å². The summed E-state index contributed by atoms with van der Waals surface area (Å²) < 4.78 is 32.1. The van der Waals surface area contributed by atoms with Crippen LogP contribution in [-0.2, 0) is 4.74 Å². The Balaban J connectivity index is 0.000000202. The number of hydrogen-bond acceptors (Lipinski definition) is 4. The highest BCUT2D eigenvalue weighted by molar-refractivity contribution is 7.18. The highest BCUT2D eigenvalue weighted by Gasteiger charge is 2.24. The smallest absolute Gasteiger partial charge is 0.405 e. The molecule has 2 heterocycles. The lowest BCUT2D eigenvalue weighted by Gasteiger charge is -2.27. The van der Waals surface area contributed by atoms with Gasteiger partial charge in [0.05, 0.1) is 22.3 Å². The molecular formula is C27H30ClF2N2O3S+. The van der Waals surface area contributed by atoms with E-state index < -0.39 is 23.8 Å². The number of carbonyl (C=O) groups is 2. The first kappa shape index (κ1) is 27.8. The number of amides is 1. The van der Waals surface area contributed by atoms with Crippen LogP contribution in [0.4, 0.5) is 13.6 Å². The van der Waals surface area contributed by atoms with Crippen molar-refractivity contribution in [1.29, 1.82) is 0 Å². The molecule has 1 aromatic heterocycles. The first-order valence-corrected chi connectivity index (χ1v) is 13.0.